The molecule has 4 heteroatoms. The van der Waals surface area contributed by atoms with Crippen LogP contribution in [0.25, 0.3) is 10.9 Å². The second-order valence-electron chi connectivity index (χ2n) is 9.78. The van der Waals surface area contributed by atoms with Gasteiger partial charge in [0.25, 0.3) is 0 Å². The van der Waals surface area contributed by atoms with Gasteiger partial charge in [0.2, 0.25) is 0 Å². The smallest absolute Gasteiger partial charge is 0.169 e. The average Bonchev–Trinajstić information content (AvgIpc) is 3.01. The maximum Gasteiger partial charge on any atom is 0.169 e. The second kappa shape index (κ2) is 8.15. The van der Waals surface area contributed by atoms with Gasteiger partial charge in [-0.15, -0.1) is 0 Å². The number of piperidine rings is 1. The van der Waals surface area contributed by atoms with Crippen LogP contribution in [0.3, 0.4) is 0 Å². The first-order chi connectivity index (χ1) is 13.2. The minimum absolute atomic E-state index is 0.597. The molecule has 28 heavy (non-hydrogen) atoms. The summed E-state index contributed by atoms with van der Waals surface area (Å²) >= 11 is 0. The van der Waals surface area contributed by atoms with E-state index in [1.807, 2.05) is 6.07 Å². The van der Waals surface area contributed by atoms with Crippen LogP contribution < -0.4 is 0 Å². The number of benzene rings is 1. The summed E-state index contributed by atoms with van der Waals surface area (Å²) in [6.45, 7) is 16.9. The first-order valence-electron chi connectivity index (χ1n) is 11.0. The highest BCUT2D eigenvalue weighted by molar-refractivity contribution is 6.82. The summed E-state index contributed by atoms with van der Waals surface area (Å²) in [6, 6.07) is 6.36. The van der Waals surface area contributed by atoms with Crippen molar-refractivity contribution in [2.24, 2.45) is 0 Å². The zero-order valence-corrected chi connectivity index (χ0v) is 19.8. The van der Waals surface area contributed by atoms with Gasteiger partial charge >= 0.3 is 0 Å². The highest BCUT2D eigenvalue weighted by Crippen LogP contribution is 2.46. The van der Waals surface area contributed by atoms with E-state index in [4.69, 9.17) is 0 Å². The van der Waals surface area contributed by atoms with E-state index >= 15 is 0 Å². The molecule has 1 saturated heterocycles. The largest absolute Gasteiger partial charge is 0.373 e. The molecule has 0 saturated carbocycles. The van der Waals surface area contributed by atoms with Crippen LogP contribution >= 0.6 is 0 Å². The summed E-state index contributed by atoms with van der Waals surface area (Å²) in [6.07, 6.45) is 5.93. The SMILES string of the molecule is CC(C)[Si](C(C)C)(C(C)C)n1cc(C2CCN(C)CC2)c2cc(C=O)ccc21. The van der Waals surface area contributed by atoms with Crippen LogP contribution in [0.15, 0.2) is 24.4 Å². The van der Waals surface area contributed by atoms with Gasteiger partial charge < -0.3 is 9.13 Å². The summed E-state index contributed by atoms with van der Waals surface area (Å²) in [5, 5.41) is 1.32. The molecule has 3 nitrogen and oxygen atoms in total. The van der Waals surface area contributed by atoms with Crippen LogP contribution in [-0.4, -0.2) is 43.8 Å². The van der Waals surface area contributed by atoms with Gasteiger partial charge in [0.05, 0.1) is 0 Å². The van der Waals surface area contributed by atoms with Crippen LogP contribution in [0.2, 0.25) is 16.6 Å². The Morgan fingerprint density at radius 1 is 1.00 bits per heavy atom. The molecule has 0 unspecified atom stereocenters. The minimum Gasteiger partial charge on any atom is -0.373 e. The summed E-state index contributed by atoms with van der Waals surface area (Å²) in [7, 11) is 0.386. The molecule has 0 radical (unpaired) electrons. The van der Waals surface area contributed by atoms with Crippen molar-refractivity contribution >= 4 is 25.4 Å². The number of hydrogen-bond donors (Lipinski definition) is 0. The van der Waals surface area contributed by atoms with Crippen molar-refractivity contribution in [3.8, 4) is 0 Å². The molecule has 0 N–H and O–H groups in total. The zero-order valence-electron chi connectivity index (χ0n) is 18.8. The maximum atomic E-state index is 11.5. The summed E-state index contributed by atoms with van der Waals surface area (Å²) in [5.41, 5.74) is 5.58. The Balaban J connectivity index is 2.27. The van der Waals surface area contributed by atoms with Crippen LogP contribution in [0.5, 0.6) is 0 Å². The molecule has 2 aromatic rings. The number of aromatic nitrogens is 1. The quantitative estimate of drug-likeness (QED) is 0.422. The third kappa shape index (κ3) is 3.39. The Bertz CT molecular complexity index is 807. The number of fused-ring (bicyclic) bond motifs is 1. The number of carbonyl (C=O) groups is 1. The highest BCUT2D eigenvalue weighted by atomic mass is 28.3. The number of nitrogens with zero attached hydrogens (tertiary/aromatic N) is 2. The minimum atomic E-state index is -1.83. The standard InChI is InChI=1S/C24H38N2OSi/c1-17(2)28(18(3)4,19(5)6)26-15-23(21-10-12-25(7)13-11-21)22-14-20(16-27)8-9-24(22)26/h8-9,14-19,21H,10-13H2,1-7H3. The van der Waals surface area contributed by atoms with Gasteiger partial charge in [0.15, 0.2) is 8.24 Å². The van der Waals surface area contributed by atoms with Crippen molar-refractivity contribution in [3.05, 3.63) is 35.5 Å². The molecule has 2 heterocycles. The molecule has 1 aromatic carbocycles. The van der Waals surface area contributed by atoms with E-state index in [1.165, 1.54) is 29.3 Å². The average molecular weight is 399 g/mol. The van der Waals surface area contributed by atoms with Crippen molar-refractivity contribution in [1.82, 2.24) is 9.13 Å². The van der Waals surface area contributed by atoms with Gasteiger partial charge in [-0.3, -0.25) is 4.79 Å². The molecule has 1 aromatic heterocycles. The van der Waals surface area contributed by atoms with E-state index in [2.05, 4.69) is 76.1 Å². The van der Waals surface area contributed by atoms with E-state index in [0.717, 1.165) is 24.9 Å². The topological polar surface area (TPSA) is 25.2 Å². The zero-order chi connectivity index (χ0) is 20.6. The van der Waals surface area contributed by atoms with Crippen molar-refractivity contribution < 1.29 is 4.79 Å². The normalized spacial score (nSPS) is 17.4. The van der Waals surface area contributed by atoms with Gasteiger partial charge in [-0.2, -0.15) is 0 Å². The van der Waals surface area contributed by atoms with Gasteiger partial charge in [-0.05, 0) is 85.5 Å². The van der Waals surface area contributed by atoms with Gasteiger partial charge in [-0.25, -0.2) is 0 Å². The number of carbonyl (C=O) groups excluding carboxylic acids is 1. The van der Waals surface area contributed by atoms with Crippen LogP contribution in [-0.2, 0) is 0 Å². The summed E-state index contributed by atoms with van der Waals surface area (Å²) in [5.74, 6) is 0.597. The maximum absolute atomic E-state index is 11.5. The molecule has 0 amide bonds. The monoisotopic (exact) mass is 398 g/mol. The molecule has 3 rings (SSSR count). The Kier molecular flexibility index (Phi) is 6.21. The molecular weight excluding hydrogens is 360 g/mol. The molecule has 0 aliphatic carbocycles. The Morgan fingerprint density at radius 3 is 2.07 bits per heavy atom. The number of likely N-dealkylation sites (tertiary alicyclic amines) is 1. The Hall–Kier alpha value is -1.39. The molecule has 1 aliphatic heterocycles. The Morgan fingerprint density at radius 2 is 1.57 bits per heavy atom. The lowest BCUT2D eigenvalue weighted by Crippen LogP contribution is -2.51. The highest BCUT2D eigenvalue weighted by Gasteiger charge is 2.46. The van der Waals surface area contributed by atoms with Gasteiger partial charge in [0, 0.05) is 16.5 Å². The fourth-order valence-corrected chi connectivity index (χ4v) is 12.8. The molecule has 0 bridgehead atoms. The molecule has 0 atom stereocenters. The number of rotatable bonds is 6. The molecule has 1 fully saturated rings. The lowest BCUT2D eigenvalue weighted by Gasteiger charge is -2.44. The third-order valence-electron chi connectivity index (χ3n) is 7.35. The fourth-order valence-electron chi connectivity index (χ4n) is 6.15. The lowest BCUT2D eigenvalue weighted by atomic mass is 9.89. The van der Waals surface area contributed by atoms with Gasteiger partial charge in [0.1, 0.15) is 6.29 Å². The predicted octanol–water partition coefficient (Wildman–Crippen LogP) is 6.29. The van der Waals surface area contributed by atoms with E-state index in [0.29, 0.717) is 22.5 Å². The van der Waals surface area contributed by atoms with E-state index in [1.54, 1.807) is 0 Å². The first kappa shape index (κ1) is 21.3. The van der Waals surface area contributed by atoms with E-state index in [9.17, 15) is 4.79 Å². The third-order valence-corrected chi connectivity index (χ3v) is 14.1. The lowest BCUT2D eigenvalue weighted by molar-refractivity contribution is 0.112. The van der Waals surface area contributed by atoms with Crippen molar-refractivity contribution in [3.63, 3.8) is 0 Å². The Labute approximate surface area is 172 Å². The van der Waals surface area contributed by atoms with Crippen LogP contribution in [0, 0.1) is 0 Å². The predicted molar refractivity (Wildman–Crippen MR) is 123 cm³/mol. The van der Waals surface area contributed by atoms with Crippen molar-refractivity contribution in [2.45, 2.75) is 76.9 Å². The molecule has 154 valence electrons. The van der Waals surface area contributed by atoms with Crippen LogP contribution in [0.4, 0.5) is 0 Å². The molecule has 0 spiro atoms. The summed E-state index contributed by atoms with van der Waals surface area (Å²) < 4.78 is 2.73. The first-order valence-corrected chi connectivity index (χ1v) is 13.2. The molecule has 1 aliphatic rings. The molecular formula is C24H38N2OSi. The number of aldehydes is 1. The summed E-state index contributed by atoms with van der Waals surface area (Å²) in [4.78, 5) is 13.9. The van der Waals surface area contributed by atoms with Crippen LogP contribution in [0.1, 0.15) is 76.2 Å². The van der Waals surface area contributed by atoms with Crippen molar-refractivity contribution in [2.75, 3.05) is 20.1 Å². The van der Waals surface area contributed by atoms with E-state index in [-0.39, 0.29) is 0 Å². The van der Waals surface area contributed by atoms with Crippen molar-refractivity contribution in [1.29, 1.82) is 0 Å². The number of hydrogen-bond acceptors (Lipinski definition) is 2. The van der Waals surface area contributed by atoms with E-state index < -0.39 is 8.24 Å². The van der Waals surface area contributed by atoms with Gasteiger partial charge in [-0.1, -0.05) is 41.5 Å². The fraction of sp³-hybridized carbons (Fsp3) is 0.625. The second-order valence-corrected chi connectivity index (χ2v) is 15.5.